The Kier molecular flexibility index (Phi) is 2.04. The van der Waals surface area contributed by atoms with E-state index in [1.54, 1.807) is 0 Å². The summed E-state index contributed by atoms with van der Waals surface area (Å²) in [6.45, 7) is 12.1. The standard InChI is InChI=1S/C10H22N/c1-6-11(5)8-9(2)7-10(11,3)4/h9H,6-8H2,1-5H3/q+1. The summed E-state index contributed by atoms with van der Waals surface area (Å²) in [6, 6.07) is 0. The Morgan fingerprint density at radius 1 is 1.45 bits per heavy atom. The molecule has 11 heavy (non-hydrogen) atoms. The molecule has 0 N–H and O–H groups in total. The Hall–Kier alpha value is -0.0400. The third-order valence-electron chi connectivity index (χ3n) is 3.72. The van der Waals surface area contributed by atoms with E-state index in [0.29, 0.717) is 5.54 Å². The van der Waals surface area contributed by atoms with E-state index < -0.39 is 0 Å². The summed E-state index contributed by atoms with van der Waals surface area (Å²) in [5, 5.41) is 0. The number of hydrogen-bond acceptors (Lipinski definition) is 0. The van der Waals surface area contributed by atoms with Crippen molar-refractivity contribution < 1.29 is 4.48 Å². The second-order valence-corrected chi connectivity index (χ2v) is 5.02. The highest BCUT2D eigenvalue weighted by Gasteiger charge is 2.46. The van der Waals surface area contributed by atoms with Gasteiger partial charge in [-0.25, -0.2) is 0 Å². The minimum Gasteiger partial charge on any atom is -0.322 e. The molecule has 1 aliphatic heterocycles. The largest absolute Gasteiger partial charge is 0.322 e. The van der Waals surface area contributed by atoms with Gasteiger partial charge in [-0.05, 0) is 20.8 Å². The van der Waals surface area contributed by atoms with Crippen LogP contribution in [0.15, 0.2) is 0 Å². The van der Waals surface area contributed by atoms with Crippen LogP contribution in [0.25, 0.3) is 0 Å². The van der Waals surface area contributed by atoms with Gasteiger partial charge in [-0.3, -0.25) is 0 Å². The molecule has 0 bridgehead atoms. The van der Waals surface area contributed by atoms with E-state index >= 15 is 0 Å². The average Bonchev–Trinajstić information content (AvgIpc) is 2.03. The molecule has 0 saturated carbocycles. The van der Waals surface area contributed by atoms with Crippen LogP contribution in [0, 0.1) is 5.92 Å². The molecule has 1 nitrogen and oxygen atoms in total. The van der Waals surface area contributed by atoms with E-state index in [1.165, 1.54) is 24.0 Å². The monoisotopic (exact) mass is 156 g/mol. The zero-order valence-corrected chi connectivity index (χ0v) is 8.65. The molecule has 0 aromatic rings. The van der Waals surface area contributed by atoms with Gasteiger partial charge in [0.2, 0.25) is 0 Å². The number of hydrogen-bond donors (Lipinski definition) is 0. The summed E-state index contributed by atoms with van der Waals surface area (Å²) in [4.78, 5) is 0. The Morgan fingerprint density at radius 2 is 2.00 bits per heavy atom. The van der Waals surface area contributed by atoms with Gasteiger partial charge in [0.05, 0.1) is 25.7 Å². The maximum atomic E-state index is 2.40. The van der Waals surface area contributed by atoms with Crippen LogP contribution in [-0.2, 0) is 0 Å². The number of likely N-dealkylation sites (tertiary alicyclic amines) is 1. The lowest BCUT2D eigenvalue weighted by Crippen LogP contribution is -2.54. The molecule has 1 aliphatic rings. The molecule has 66 valence electrons. The molecular formula is C10H22N+. The van der Waals surface area contributed by atoms with Gasteiger partial charge in [-0.1, -0.05) is 6.92 Å². The first kappa shape index (κ1) is 9.05. The summed E-state index contributed by atoms with van der Waals surface area (Å²) in [5.74, 6) is 0.912. The molecular weight excluding hydrogens is 134 g/mol. The van der Waals surface area contributed by atoms with Crippen LogP contribution in [-0.4, -0.2) is 30.2 Å². The first-order valence-corrected chi connectivity index (χ1v) is 4.76. The third kappa shape index (κ3) is 1.31. The van der Waals surface area contributed by atoms with Crippen molar-refractivity contribution in [3.05, 3.63) is 0 Å². The maximum Gasteiger partial charge on any atom is 0.0938 e. The van der Waals surface area contributed by atoms with Crippen molar-refractivity contribution in [2.24, 2.45) is 5.92 Å². The summed E-state index contributed by atoms with van der Waals surface area (Å²) in [7, 11) is 2.39. The molecule has 0 radical (unpaired) electrons. The minimum absolute atomic E-state index is 0.508. The van der Waals surface area contributed by atoms with Crippen molar-refractivity contribution in [3.63, 3.8) is 0 Å². The van der Waals surface area contributed by atoms with E-state index in [4.69, 9.17) is 0 Å². The molecule has 2 unspecified atom stereocenters. The molecule has 2 atom stereocenters. The van der Waals surface area contributed by atoms with Crippen LogP contribution < -0.4 is 0 Å². The fraction of sp³-hybridized carbons (Fsp3) is 1.00. The molecule has 1 saturated heterocycles. The van der Waals surface area contributed by atoms with Gasteiger partial charge < -0.3 is 4.48 Å². The Morgan fingerprint density at radius 3 is 2.18 bits per heavy atom. The third-order valence-corrected chi connectivity index (χ3v) is 3.72. The van der Waals surface area contributed by atoms with Gasteiger partial charge in [0.15, 0.2) is 0 Å². The fourth-order valence-corrected chi connectivity index (χ4v) is 2.63. The first-order chi connectivity index (χ1) is 4.91. The number of quaternary nitrogens is 1. The van der Waals surface area contributed by atoms with Crippen LogP contribution in [0.4, 0.5) is 0 Å². The van der Waals surface area contributed by atoms with Crippen molar-refractivity contribution in [1.29, 1.82) is 0 Å². The van der Waals surface area contributed by atoms with Crippen LogP contribution in [0.5, 0.6) is 0 Å². The predicted octanol–water partition coefficient (Wildman–Crippen LogP) is 2.27. The zero-order chi connectivity index (χ0) is 8.70. The van der Waals surface area contributed by atoms with Crippen LogP contribution in [0.1, 0.15) is 34.1 Å². The molecule has 0 amide bonds. The topological polar surface area (TPSA) is 0 Å². The van der Waals surface area contributed by atoms with Crippen molar-refractivity contribution in [2.75, 3.05) is 20.1 Å². The van der Waals surface area contributed by atoms with Crippen LogP contribution in [0.3, 0.4) is 0 Å². The average molecular weight is 156 g/mol. The van der Waals surface area contributed by atoms with Crippen molar-refractivity contribution >= 4 is 0 Å². The molecule has 0 aromatic carbocycles. The highest BCUT2D eigenvalue weighted by Crippen LogP contribution is 2.37. The molecule has 1 heterocycles. The lowest BCUT2D eigenvalue weighted by atomic mass is 9.96. The van der Waals surface area contributed by atoms with Crippen molar-refractivity contribution in [2.45, 2.75) is 39.7 Å². The fourth-order valence-electron chi connectivity index (χ4n) is 2.63. The van der Waals surface area contributed by atoms with E-state index in [-0.39, 0.29) is 0 Å². The molecule has 1 fully saturated rings. The molecule has 1 rings (SSSR count). The molecule has 0 aromatic heterocycles. The Bertz CT molecular complexity index is 151. The summed E-state index contributed by atoms with van der Waals surface area (Å²) in [5.41, 5.74) is 0.508. The molecule has 0 aliphatic carbocycles. The number of rotatable bonds is 1. The lowest BCUT2D eigenvalue weighted by Gasteiger charge is -2.41. The summed E-state index contributed by atoms with van der Waals surface area (Å²) >= 11 is 0. The lowest BCUT2D eigenvalue weighted by molar-refractivity contribution is -0.942. The highest BCUT2D eigenvalue weighted by molar-refractivity contribution is 4.79. The van der Waals surface area contributed by atoms with Gasteiger partial charge in [0, 0.05) is 12.3 Å². The van der Waals surface area contributed by atoms with E-state index in [1.807, 2.05) is 0 Å². The van der Waals surface area contributed by atoms with Crippen LogP contribution >= 0.6 is 0 Å². The summed E-state index contributed by atoms with van der Waals surface area (Å²) in [6.07, 6.45) is 1.39. The first-order valence-electron chi connectivity index (χ1n) is 4.76. The number of nitrogens with zero attached hydrogens (tertiary/aromatic N) is 1. The Balaban J connectivity index is 2.81. The molecule has 0 spiro atoms. The van der Waals surface area contributed by atoms with Gasteiger partial charge >= 0.3 is 0 Å². The van der Waals surface area contributed by atoms with Crippen LogP contribution in [0.2, 0.25) is 0 Å². The van der Waals surface area contributed by atoms with Crippen molar-refractivity contribution in [3.8, 4) is 0 Å². The highest BCUT2D eigenvalue weighted by atomic mass is 15.4. The van der Waals surface area contributed by atoms with E-state index in [0.717, 1.165) is 5.92 Å². The molecule has 1 heteroatoms. The van der Waals surface area contributed by atoms with Gasteiger partial charge in [-0.2, -0.15) is 0 Å². The van der Waals surface area contributed by atoms with Gasteiger partial charge in [0.25, 0.3) is 0 Å². The normalized spacial score (nSPS) is 42.8. The van der Waals surface area contributed by atoms with Crippen molar-refractivity contribution in [1.82, 2.24) is 0 Å². The zero-order valence-electron chi connectivity index (χ0n) is 8.65. The SMILES string of the molecule is CC[N+]1(C)CC(C)CC1(C)C. The second-order valence-electron chi connectivity index (χ2n) is 5.02. The van der Waals surface area contributed by atoms with E-state index in [2.05, 4.69) is 34.7 Å². The summed E-state index contributed by atoms with van der Waals surface area (Å²) < 4.78 is 1.26. The van der Waals surface area contributed by atoms with Gasteiger partial charge in [-0.15, -0.1) is 0 Å². The minimum atomic E-state index is 0.508. The Labute approximate surface area is 71.0 Å². The maximum absolute atomic E-state index is 2.40. The van der Waals surface area contributed by atoms with E-state index in [9.17, 15) is 0 Å². The smallest absolute Gasteiger partial charge is 0.0938 e. The quantitative estimate of drug-likeness (QED) is 0.511. The van der Waals surface area contributed by atoms with Gasteiger partial charge in [0.1, 0.15) is 0 Å². The second kappa shape index (κ2) is 2.48. The predicted molar refractivity (Wildman–Crippen MR) is 49.5 cm³/mol.